The van der Waals surface area contributed by atoms with Crippen molar-refractivity contribution in [2.24, 2.45) is 0 Å². The van der Waals surface area contributed by atoms with E-state index in [2.05, 4.69) is 10.6 Å². The summed E-state index contributed by atoms with van der Waals surface area (Å²) >= 11 is 0. The maximum atomic E-state index is 11.6. The predicted octanol–water partition coefficient (Wildman–Crippen LogP) is 1.14. The number of benzene rings is 1. The highest BCUT2D eigenvalue weighted by atomic mass is 16.5. The minimum Gasteiger partial charge on any atom is -0.382 e. The Balaban J connectivity index is 2.47. The topological polar surface area (TPSA) is 100 Å². The van der Waals surface area contributed by atoms with Crippen LogP contribution in [-0.4, -0.2) is 38.7 Å². The molecule has 0 aliphatic carbocycles. The van der Waals surface area contributed by atoms with Crippen LogP contribution in [-0.2, 0) is 19.1 Å². The largest absolute Gasteiger partial charge is 0.382 e. The molecule has 0 aliphatic rings. The molecular formula is C14H17N3O4. The number of amides is 2. The Bertz CT molecular complexity index is 525. The zero-order chi connectivity index (χ0) is 15.5. The highest BCUT2D eigenvalue weighted by molar-refractivity contribution is 5.95. The third-order valence-corrected chi connectivity index (χ3v) is 2.33. The molecule has 0 bridgehead atoms. The van der Waals surface area contributed by atoms with Gasteiger partial charge in [-0.15, -0.1) is 0 Å². The monoisotopic (exact) mass is 291 g/mol. The van der Waals surface area contributed by atoms with Gasteiger partial charge in [-0.05, 0) is 18.2 Å². The van der Waals surface area contributed by atoms with Crippen LogP contribution in [0.5, 0.6) is 0 Å². The molecule has 21 heavy (non-hydrogen) atoms. The first-order valence-corrected chi connectivity index (χ1v) is 6.29. The summed E-state index contributed by atoms with van der Waals surface area (Å²) in [5, 5.41) is 13.6. The second kappa shape index (κ2) is 9.47. The van der Waals surface area contributed by atoms with Gasteiger partial charge in [0.25, 0.3) is 0 Å². The molecule has 1 aromatic carbocycles. The number of hydrogen-bond donors (Lipinski definition) is 2. The van der Waals surface area contributed by atoms with Crippen molar-refractivity contribution in [1.29, 1.82) is 5.26 Å². The van der Waals surface area contributed by atoms with Crippen LogP contribution in [0.3, 0.4) is 0 Å². The summed E-state index contributed by atoms with van der Waals surface area (Å²) in [7, 11) is 1.55. The second-order valence-corrected chi connectivity index (χ2v) is 4.06. The molecule has 0 heterocycles. The average Bonchev–Trinajstić information content (AvgIpc) is 2.44. The first-order valence-electron chi connectivity index (χ1n) is 6.29. The van der Waals surface area contributed by atoms with Gasteiger partial charge in [0.1, 0.15) is 13.0 Å². The van der Waals surface area contributed by atoms with E-state index in [4.69, 9.17) is 14.7 Å². The van der Waals surface area contributed by atoms with Gasteiger partial charge in [-0.25, -0.2) is 0 Å². The molecule has 7 heteroatoms. The van der Waals surface area contributed by atoms with Gasteiger partial charge < -0.3 is 20.1 Å². The minimum atomic E-state index is -0.399. The molecule has 0 unspecified atom stereocenters. The van der Waals surface area contributed by atoms with Crippen LogP contribution in [0.4, 0.5) is 11.4 Å². The van der Waals surface area contributed by atoms with Crippen LogP contribution in [0, 0.1) is 11.3 Å². The van der Waals surface area contributed by atoms with E-state index >= 15 is 0 Å². The van der Waals surface area contributed by atoms with Crippen LogP contribution in [0.1, 0.15) is 6.42 Å². The molecule has 0 saturated heterocycles. The van der Waals surface area contributed by atoms with Gasteiger partial charge in [-0.3, -0.25) is 9.59 Å². The lowest BCUT2D eigenvalue weighted by Gasteiger charge is -2.08. The van der Waals surface area contributed by atoms with Crippen LogP contribution in [0.2, 0.25) is 0 Å². The molecule has 0 saturated carbocycles. The van der Waals surface area contributed by atoms with Crippen molar-refractivity contribution in [2.45, 2.75) is 6.42 Å². The number of nitriles is 1. The Morgan fingerprint density at radius 3 is 2.48 bits per heavy atom. The highest BCUT2D eigenvalue weighted by Gasteiger charge is 2.05. The van der Waals surface area contributed by atoms with Crippen molar-refractivity contribution in [3.63, 3.8) is 0 Å². The Hall–Kier alpha value is -2.43. The molecule has 0 fully saturated rings. The van der Waals surface area contributed by atoms with Crippen molar-refractivity contribution in [2.75, 3.05) is 37.6 Å². The summed E-state index contributed by atoms with van der Waals surface area (Å²) in [4.78, 5) is 22.9. The molecule has 112 valence electrons. The molecular weight excluding hydrogens is 274 g/mol. The summed E-state index contributed by atoms with van der Waals surface area (Å²) < 4.78 is 9.89. The summed E-state index contributed by atoms with van der Waals surface area (Å²) in [5.41, 5.74) is 1.04. The van der Waals surface area contributed by atoms with Crippen molar-refractivity contribution in [3.05, 3.63) is 24.3 Å². The summed E-state index contributed by atoms with van der Waals surface area (Å²) in [6.07, 6.45) is -0.218. The predicted molar refractivity (Wildman–Crippen MR) is 76.6 cm³/mol. The zero-order valence-corrected chi connectivity index (χ0v) is 11.7. The van der Waals surface area contributed by atoms with E-state index < -0.39 is 5.91 Å². The van der Waals surface area contributed by atoms with Gasteiger partial charge in [0.2, 0.25) is 11.8 Å². The molecule has 0 spiro atoms. The van der Waals surface area contributed by atoms with E-state index in [1.807, 2.05) is 0 Å². The van der Waals surface area contributed by atoms with E-state index in [-0.39, 0.29) is 18.9 Å². The zero-order valence-electron chi connectivity index (χ0n) is 11.7. The molecule has 1 rings (SSSR count). The van der Waals surface area contributed by atoms with Crippen molar-refractivity contribution >= 4 is 23.2 Å². The molecule has 0 aromatic heterocycles. The van der Waals surface area contributed by atoms with Gasteiger partial charge in [-0.2, -0.15) is 5.26 Å². The maximum absolute atomic E-state index is 11.6. The molecule has 0 aliphatic heterocycles. The molecule has 2 N–H and O–H groups in total. The average molecular weight is 291 g/mol. The number of nitrogens with one attached hydrogen (secondary N) is 2. The van der Waals surface area contributed by atoms with E-state index in [1.165, 1.54) is 0 Å². The number of nitrogens with zero attached hydrogens (tertiary/aromatic N) is 1. The van der Waals surface area contributed by atoms with Gasteiger partial charge in [0.05, 0.1) is 19.3 Å². The van der Waals surface area contributed by atoms with E-state index in [0.29, 0.717) is 24.6 Å². The third kappa shape index (κ3) is 7.06. The van der Waals surface area contributed by atoms with Gasteiger partial charge >= 0.3 is 0 Å². The van der Waals surface area contributed by atoms with Crippen LogP contribution >= 0.6 is 0 Å². The van der Waals surface area contributed by atoms with Crippen molar-refractivity contribution in [3.8, 4) is 6.07 Å². The molecule has 1 aromatic rings. The Labute approximate surface area is 122 Å². The third-order valence-electron chi connectivity index (χ3n) is 2.33. The number of methoxy groups -OCH3 is 1. The second-order valence-electron chi connectivity index (χ2n) is 4.06. The summed E-state index contributed by atoms with van der Waals surface area (Å²) in [6.45, 7) is 0.691. The normalized spacial score (nSPS) is 9.71. The number of anilines is 2. The van der Waals surface area contributed by atoms with E-state index in [9.17, 15) is 9.59 Å². The standard InChI is InChI=1S/C14H17N3O4/c1-20-7-8-21-10-14(19)17-12-4-2-3-11(9-12)16-13(18)5-6-15/h2-4,9H,5,7-8,10H2,1H3,(H,16,18)(H,17,19). The highest BCUT2D eigenvalue weighted by Crippen LogP contribution is 2.15. The fourth-order valence-electron chi connectivity index (χ4n) is 1.46. The van der Waals surface area contributed by atoms with Crippen LogP contribution < -0.4 is 10.6 Å². The quantitative estimate of drug-likeness (QED) is 0.699. The van der Waals surface area contributed by atoms with Crippen molar-refractivity contribution < 1.29 is 19.1 Å². The lowest BCUT2D eigenvalue weighted by molar-refractivity contribution is -0.121. The Morgan fingerprint density at radius 2 is 1.86 bits per heavy atom. The molecule has 7 nitrogen and oxygen atoms in total. The number of carbonyl (C=O) groups excluding carboxylic acids is 2. The van der Waals surface area contributed by atoms with Gasteiger partial charge in [0.15, 0.2) is 0 Å². The van der Waals surface area contributed by atoms with E-state index in [0.717, 1.165) is 0 Å². The van der Waals surface area contributed by atoms with Gasteiger partial charge in [-0.1, -0.05) is 6.07 Å². The first kappa shape index (κ1) is 16.6. The van der Waals surface area contributed by atoms with E-state index in [1.54, 1.807) is 37.4 Å². The molecule has 0 radical (unpaired) electrons. The smallest absolute Gasteiger partial charge is 0.250 e. The maximum Gasteiger partial charge on any atom is 0.250 e. The fourth-order valence-corrected chi connectivity index (χ4v) is 1.46. The first-order chi connectivity index (χ1) is 10.2. The van der Waals surface area contributed by atoms with Gasteiger partial charge in [0, 0.05) is 18.5 Å². The van der Waals surface area contributed by atoms with Crippen LogP contribution in [0.25, 0.3) is 0 Å². The Kier molecular flexibility index (Phi) is 7.50. The summed E-state index contributed by atoms with van der Waals surface area (Å²) in [6, 6.07) is 8.40. The number of rotatable bonds is 8. The van der Waals surface area contributed by atoms with Crippen LogP contribution in [0.15, 0.2) is 24.3 Å². The summed E-state index contributed by atoms with van der Waals surface area (Å²) in [5.74, 6) is -0.699. The number of hydrogen-bond acceptors (Lipinski definition) is 5. The number of ether oxygens (including phenoxy) is 2. The Morgan fingerprint density at radius 1 is 1.19 bits per heavy atom. The SMILES string of the molecule is COCCOCC(=O)Nc1cccc(NC(=O)CC#N)c1. The minimum absolute atomic E-state index is 0.0750. The lowest BCUT2D eigenvalue weighted by Crippen LogP contribution is -2.19. The molecule has 0 atom stereocenters. The lowest BCUT2D eigenvalue weighted by atomic mass is 10.2. The van der Waals surface area contributed by atoms with Crippen molar-refractivity contribution in [1.82, 2.24) is 0 Å². The number of carbonyl (C=O) groups is 2. The molecule has 2 amide bonds. The fraction of sp³-hybridized carbons (Fsp3) is 0.357.